The van der Waals surface area contributed by atoms with E-state index in [1.54, 1.807) is 18.6 Å². The van der Waals surface area contributed by atoms with Crippen LogP contribution in [0.25, 0.3) is 0 Å². The van der Waals surface area contributed by atoms with Gasteiger partial charge in [0.2, 0.25) is 0 Å². The van der Waals surface area contributed by atoms with Gasteiger partial charge in [0.25, 0.3) is 0 Å². The lowest BCUT2D eigenvalue weighted by atomic mass is 10.3. The smallest absolute Gasteiger partial charge is 0.154 e. The average molecular weight is 212 g/mol. The zero-order valence-corrected chi connectivity index (χ0v) is 8.99. The Morgan fingerprint density at radius 1 is 1.19 bits per heavy atom. The van der Waals surface area contributed by atoms with E-state index in [1.807, 2.05) is 48.1 Å². The summed E-state index contributed by atoms with van der Waals surface area (Å²) in [4.78, 5) is 3.93. The molecule has 2 heterocycles. The predicted molar refractivity (Wildman–Crippen MR) is 62.8 cm³/mol. The molecule has 0 amide bonds. The molecule has 0 bridgehead atoms. The summed E-state index contributed by atoms with van der Waals surface area (Å²) in [7, 11) is 1.93. The standard InChI is InChI=1S/C12H12N4/c1-16-9-3-2-4-12(16)15-14-10-11-5-7-13-8-6-11/h2-10H,1H3. The molecule has 16 heavy (non-hydrogen) atoms. The zero-order valence-electron chi connectivity index (χ0n) is 8.99. The third-order valence-corrected chi connectivity index (χ3v) is 2.10. The SMILES string of the molecule is Cn1ccccc1=NN=Cc1ccncc1. The average Bonchev–Trinajstić information content (AvgIpc) is 2.33. The number of pyridine rings is 2. The van der Waals surface area contributed by atoms with Crippen molar-refractivity contribution in [2.24, 2.45) is 17.3 Å². The van der Waals surface area contributed by atoms with Crippen molar-refractivity contribution in [2.75, 3.05) is 0 Å². The van der Waals surface area contributed by atoms with E-state index in [9.17, 15) is 0 Å². The van der Waals surface area contributed by atoms with Crippen LogP contribution >= 0.6 is 0 Å². The summed E-state index contributed by atoms with van der Waals surface area (Å²) >= 11 is 0. The topological polar surface area (TPSA) is 42.5 Å². The van der Waals surface area contributed by atoms with Gasteiger partial charge in [0.1, 0.15) is 0 Å². The van der Waals surface area contributed by atoms with Gasteiger partial charge in [-0.05, 0) is 29.8 Å². The van der Waals surface area contributed by atoms with Gasteiger partial charge in [0, 0.05) is 25.6 Å². The molecule has 0 radical (unpaired) electrons. The molecule has 0 N–H and O–H groups in total. The molecule has 4 nitrogen and oxygen atoms in total. The Morgan fingerprint density at radius 3 is 2.75 bits per heavy atom. The normalized spacial score (nSPS) is 12.2. The van der Waals surface area contributed by atoms with E-state index in [1.165, 1.54) is 0 Å². The van der Waals surface area contributed by atoms with E-state index >= 15 is 0 Å². The molecule has 0 aliphatic rings. The van der Waals surface area contributed by atoms with E-state index in [4.69, 9.17) is 0 Å². The molecule has 2 rings (SSSR count). The van der Waals surface area contributed by atoms with Crippen molar-refractivity contribution >= 4 is 6.21 Å². The minimum absolute atomic E-state index is 0.813. The van der Waals surface area contributed by atoms with Gasteiger partial charge in [-0.15, -0.1) is 5.10 Å². The molecule has 0 atom stereocenters. The molecule has 80 valence electrons. The van der Waals surface area contributed by atoms with Gasteiger partial charge < -0.3 is 4.57 Å². The van der Waals surface area contributed by atoms with Crippen LogP contribution in [-0.2, 0) is 7.05 Å². The molecule has 0 spiro atoms. The summed E-state index contributed by atoms with van der Waals surface area (Å²) < 4.78 is 1.91. The minimum atomic E-state index is 0.813. The van der Waals surface area contributed by atoms with Crippen LogP contribution in [0.5, 0.6) is 0 Å². The lowest BCUT2D eigenvalue weighted by Gasteiger charge is -1.94. The van der Waals surface area contributed by atoms with Crippen molar-refractivity contribution < 1.29 is 0 Å². The number of aromatic nitrogens is 2. The second-order valence-electron chi connectivity index (χ2n) is 3.29. The highest BCUT2D eigenvalue weighted by atomic mass is 15.2. The van der Waals surface area contributed by atoms with Crippen LogP contribution in [0.4, 0.5) is 0 Å². The van der Waals surface area contributed by atoms with Crippen molar-refractivity contribution in [3.63, 3.8) is 0 Å². The Balaban J connectivity index is 2.22. The van der Waals surface area contributed by atoms with Gasteiger partial charge in [0.05, 0.1) is 6.21 Å². The van der Waals surface area contributed by atoms with Crippen LogP contribution in [0.3, 0.4) is 0 Å². The summed E-state index contributed by atoms with van der Waals surface area (Å²) in [5, 5.41) is 8.14. The van der Waals surface area contributed by atoms with Gasteiger partial charge in [-0.2, -0.15) is 5.10 Å². The Kier molecular flexibility index (Phi) is 3.23. The second kappa shape index (κ2) is 5.02. The molecule has 2 aromatic rings. The number of nitrogens with zero attached hydrogens (tertiary/aromatic N) is 4. The summed E-state index contributed by atoms with van der Waals surface area (Å²) in [6.07, 6.45) is 7.09. The molecule has 4 heteroatoms. The molecule has 0 saturated heterocycles. The van der Waals surface area contributed by atoms with Gasteiger partial charge in [-0.3, -0.25) is 4.98 Å². The molecule has 0 aliphatic heterocycles. The Labute approximate surface area is 93.6 Å². The first-order valence-corrected chi connectivity index (χ1v) is 4.95. The monoisotopic (exact) mass is 212 g/mol. The zero-order chi connectivity index (χ0) is 11.2. The maximum atomic E-state index is 4.11. The van der Waals surface area contributed by atoms with Gasteiger partial charge in [-0.25, -0.2) is 0 Å². The number of hydrogen-bond acceptors (Lipinski definition) is 3. The quantitative estimate of drug-likeness (QED) is 0.547. The van der Waals surface area contributed by atoms with Crippen LogP contribution in [0.1, 0.15) is 5.56 Å². The molecule has 0 aliphatic carbocycles. The number of aryl methyl sites for hydroxylation is 1. The Hall–Kier alpha value is -2.23. The largest absolute Gasteiger partial charge is 0.335 e. The van der Waals surface area contributed by atoms with Gasteiger partial charge in [0.15, 0.2) is 5.49 Å². The lowest BCUT2D eigenvalue weighted by molar-refractivity contribution is 0.816. The maximum Gasteiger partial charge on any atom is 0.154 e. The predicted octanol–water partition coefficient (Wildman–Crippen LogP) is 1.35. The highest BCUT2D eigenvalue weighted by molar-refractivity contribution is 5.78. The van der Waals surface area contributed by atoms with Crippen LogP contribution in [0.15, 0.2) is 59.1 Å². The molecule has 0 fully saturated rings. The lowest BCUT2D eigenvalue weighted by Crippen LogP contribution is -2.14. The van der Waals surface area contributed by atoms with Gasteiger partial charge in [-0.1, -0.05) is 6.07 Å². The summed E-state index contributed by atoms with van der Waals surface area (Å²) in [5.74, 6) is 0. The second-order valence-corrected chi connectivity index (χ2v) is 3.29. The first-order valence-electron chi connectivity index (χ1n) is 4.95. The van der Waals surface area contributed by atoms with Crippen LogP contribution < -0.4 is 5.49 Å². The van der Waals surface area contributed by atoms with Crippen molar-refractivity contribution in [1.29, 1.82) is 0 Å². The van der Waals surface area contributed by atoms with Crippen molar-refractivity contribution in [3.8, 4) is 0 Å². The van der Waals surface area contributed by atoms with E-state index in [0.717, 1.165) is 11.1 Å². The fourth-order valence-corrected chi connectivity index (χ4v) is 1.22. The molecule has 0 saturated carbocycles. The summed E-state index contributed by atoms with van der Waals surface area (Å²) in [6.45, 7) is 0. The summed E-state index contributed by atoms with van der Waals surface area (Å²) in [6, 6.07) is 9.55. The van der Waals surface area contributed by atoms with E-state index in [-0.39, 0.29) is 0 Å². The first-order chi connectivity index (χ1) is 7.86. The number of rotatable bonds is 2. The molecule has 2 aromatic heterocycles. The highest BCUT2D eigenvalue weighted by Gasteiger charge is 1.84. The van der Waals surface area contributed by atoms with E-state index < -0.39 is 0 Å². The Morgan fingerprint density at radius 2 is 2.00 bits per heavy atom. The fraction of sp³-hybridized carbons (Fsp3) is 0.0833. The number of hydrogen-bond donors (Lipinski definition) is 0. The van der Waals surface area contributed by atoms with Crippen LogP contribution in [0.2, 0.25) is 0 Å². The third kappa shape index (κ3) is 2.63. The highest BCUT2D eigenvalue weighted by Crippen LogP contribution is 1.90. The van der Waals surface area contributed by atoms with E-state index in [2.05, 4.69) is 15.2 Å². The molecule has 0 unspecified atom stereocenters. The summed E-state index contributed by atoms with van der Waals surface area (Å²) in [5.41, 5.74) is 1.80. The van der Waals surface area contributed by atoms with Crippen LogP contribution in [-0.4, -0.2) is 15.8 Å². The minimum Gasteiger partial charge on any atom is -0.335 e. The molecule has 0 aromatic carbocycles. The molecular weight excluding hydrogens is 200 g/mol. The maximum absolute atomic E-state index is 4.11. The van der Waals surface area contributed by atoms with Crippen molar-refractivity contribution in [3.05, 3.63) is 60.0 Å². The van der Waals surface area contributed by atoms with Crippen molar-refractivity contribution in [1.82, 2.24) is 9.55 Å². The molecular formula is C12H12N4. The Bertz CT molecular complexity index is 540. The van der Waals surface area contributed by atoms with Crippen molar-refractivity contribution in [2.45, 2.75) is 0 Å². The first kappa shape index (κ1) is 10.3. The third-order valence-electron chi connectivity index (χ3n) is 2.10. The van der Waals surface area contributed by atoms with E-state index in [0.29, 0.717) is 0 Å². The van der Waals surface area contributed by atoms with Crippen LogP contribution in [0, 0.1) is 0 Å². The fourth-order valence-electron chi connectivity index (χ4n) is 1.22. The van der Waals surface area contributed by atoms with Gasteiger partial charge >= 0.3 is 0 Å².